The van der Waals surface area contributed by atoms with E-state index in [4.69, 9.17) is 13.9 Å². The highest BCUT2D eigenvalue weighted by Crippen LogP contribution is 2.31. The van der Waals surface area contributed by atoms with E-state index in [1.54, 1.807) is 30.0 Å². The van der Waals surface area contributed by atoms with Crippen LogP contribution < -0.4 is 14.8 Å². The molecule has 1 heterocycles. The van der Waals surface area contributed by atoms with Crippen LogP contribution in [-0.4, -0.2) is 30.3 Å². The molecular formula is C18H17N3O4S. The molecule has 134 valence electrons. The first-order valence-corrected chi connectivity index (χ1v) is 8.72. The summed E-state index contributed by atoms with van der Waals surface area (Å²) in [5.74, 6) is 1.31. The van der Waals surface area contributed by atoms with E-state index < -0.39 is 5.91 Å². The van der Waals surface area contributed by atoms with Crippen LogP contribution in [0.15, 0.2) is 57.8 Å². The zero-order valence-electron chi connectivity index (χ0n) is 14.3. The van der Waals surface area contributed by atoms with Crippen molar-refractivity contribution in [2.75, 3.05) is 19.5 Å². The Bertz CT molecular complexity index is 883. The summed E-state index contributed by atoms with van der Waals surface area (Å²) in [5, 5.41) is 10.4. The standard InChI is InChI=1S/C18H17N3O4S/c1-23-14-10-6-9-13(16(14)24-2)17(22)19-18-21-20-15(25-18)11-26-12-7-4-3-5-8-12/h3-10H,11H2,1-2H3,(H,19,21,22). The molecule has 0 aliphatic rings. The number of amides is 1. The van der Waals surface area contributed by atoms with Crippen molar-refractivity contribution in [3.05, 3.63) is 60.0 Å². The topological polar surface area (TPSA) is 86.5 Å². The number of methoxy groups -OCH3 is 2. The Morgan fingerprint density at radius 1 is 1.08 bits per heavy atom. The summed E-state index contributed by atoms with van der Waals surface area (Å²) in [6.07, 6.45) is 0. The first-order valence-electron chi connectivity index (χ1n) is 7.74. The predicted molar refractivity (Wildman–Crippen MR) is 97.8 cm³/mol. The highest BCUT2D eigenvalue weighted by Gasteiger charge is 2.18. The van der Waals surface area contributed by atoms with Crippen molar-refractivity contribution in [1.82, 2.24) is 10.2 Å². The van der Waals surface area contributed by atoms with Gasteiger partial charge in [-0.05, 0) is 24.3 Å². The molecule has 0 spiro atoms. The fraction of sp³-hybridized carbons (Fsp3) is 0.167. The molecule has 1 aromatic heterocycles. The lowest BCUT2D eigenvalue weighted by Crippen LogP contribution is -2.13. The minimum Gasteiger partial charge on any atom is -0.493 e. The lowest BCUT2D eigenvalue weighted by molar-refractivity contribution is 0.102. The fourth-order valence-corrected chi connectivity index (χ4v) is 3.01. The van der Waals surface area contributed by atoms with E-state index in [-0.39, 0.29) is 6.01 Å². The number of hydrogen-bond donors (Lipinski definition) is 1. The highest BCUT2D eigenvalue weighted by atomic mass is 32.2. The average Bonchev–Trinajstić information content (AvgIpc) is 3.13. The van der Waals surface area contributed by atoms with Gasteiger partial charge in [0, 0.05) is 4.90 Å². The molecule has 0 fully saturated rings. The van der Waals surface area contributed by atoms with Crippen LogP contribution in [0.25, 0.3) is 0 Å². The molecular weight excluding hydrogens is 354 g/mol. The molecule has 0 unspecified atom stereocenters. The van der Waals surface area contributed by atoms with E-state index in [1.165, 1.54) is 14.2 Å². The van der Waals surface area contributed by atoms with Gasteiger partial charge < -0.3 is 13.9 Å². The average molecular weight is 371 g/mol. The van der Waals surface area contributed by atoms with Crippen LogP contribution in [0.4, 0.5) is 6.01 Å². The van der Waals surface area contributed by atoms with Crippen molar-refractivity contribution >= 4 is 23.7 Å². The molecule has 0 atom stereocenters. The first kappa shape index (κ1) is 17.8. The number of aromatic nitrogens is 2. The molecule has 26 heavy (non-hydrogen) atoms. The van der Waals surface area contributed by atoms with Crippen LogP contribution in [0.5, 0.6) is 11.5 Å². The van der Waals surface area contributed by atoms with E-state index in [0.29, 0.717) is 28.7 Å². The normalized spacial score (nSPS) is 10.4. The van der Waals surface area contributed by atoms with Gasteiger partial charge in [-0.2, -0.15) is 0 Å². The van der Waals surface area contributed by atoms with Gasteiger partial charge in [-0.15, -0.1) is 16.9 Å². The summed E-state index contributed by atoms with van der Waals surface area (Å²) in [7, 11) is 2.98. The van der Waals surface area contributed by atoms with Crippen molar-refractivity contribution in [2.24, 2.45) is 0 Å². The Balaban J connectivity index is 1.66. The molecule has 3 aromatic rings. The fourth-order valence-electron chi connectivity index (χ4n) is 2.25. The second kappa shape index (κ2) is 8.39. The number of ether oxygens (including phenoxy) is 2. The number of rotatable bonds is 7. The molecule has 1 amide bonds. The Hall–Kier alpha value is -3.00. The van der Waals surface area contributed by atoms with E-state index in [0.717, 1.165) is 4.90 Å². The second-order valence-electron chi connectivity index (χ2n) is 5.10. The van der Waals surface area contributed by atoms with Crippen LogP contribution >= 0.6 is 11.8 Å². The monoisotopic (exact) mass is 371 g/mol. The van der Waals surface area contributed by atoms with Gasteiger partial charge in [0.15, 0.2) is 11.5 Å². The van der Waals surface area contributed by atoms with E-state index in [2.05, 4.69) is 15.5 Å². The number of benzene rings is 2. The molecule has 0 saturated carbocycles. The van der Waals surface area contributed by atoms with E-state index in [1.807, 2.05) is 30.3 Å². The third-order valence-corrected chi connectivity index (χ3v) is 4.44. The van der Waals surface area contributed by atoms with Crippen molar-refractivity contribution in [2.45, 2.75) is 10.6 Å². The maximum absolute atomic E-state index is 12.5. The van der Waals surface area contributed by atoms with Gasteiger partial charge in [-0.3, -0.25) is 10.1 Å². The summed E-state index contributed by atoms with van der Waals surface area (Å²) in [6, 6.07) is 14.9. The van der Waals surface area contributed by atoms with Gasteiger partial charge in [0.2, 0.25) is 5.89 Å². The number of anilines is 1. The molecule has 0 bridgehead atoms. The van der Waals surface area contributed by atoms with Crippen LogP contribution in [0.3, 0.4) is 0 Å². The number of hydrogen-bond acceptors (Lipinski definition) is 7. The third kappa shape index (κ3) is 4.15. The Labute approximate surface area is 154 Å². The van der Waals surface area contributed by atoms with E-state index >= 15 is 0 Å². The van der Waals surface area contributed by atoms with Gasteiger partial charge in [-0.25, -0.2) is 0 Å². The van der Waals surface area contributed by atoms with Gasteiger partial charge in [0.1, 0.15) is 0 Å². The largest absolute Gasteiger partial charge is 0.493 e. The Morgan fingerprint density at radius 2 is 1.88 bits per heavy atom. The molecule has 0 radical (unpaired) electrons. The summed E-state index contributed by atoms with van der Waals surface area (Å²) in [6.45, 7) is 0. The van der Waals surface area contributed by atoms with E-state index in [9.17, 15) is 4.79 Å². The van der Waals surface area contributed by atoms with Gasteiger partial charge in [0.25, 0.3) is 5.91 Å². The molecule has 0 saturated heterocycles. The number of carbonyl (C=O) groups excluding carboxylic acids is 1. The van der Waals surface area contributed by atoms with Crippen LogP contribution in [0.1, 0.15) is 16.2 Å². The van der Waals surface area contributed by atoms with Crippen LogP contribution in [0, 0.1) is 0 Å². The smallest absolute Gasteiger partial charge is 0.322 e. The quantitative estimate of drug-likeness (QED) is 0.635. The minimum atomic E-state index is -0.424. The maximum Gasteiger partial charge on any atom is 0.322 e. The molecule has 0 aliphatic carbocycles. The van der Waals surface area contributed by atoms with Gasteiger partial charge >= 0.3 is 6.01 Å². The predicted octanol–water partition coefficient (Wildman–Crippen LogP) is 3.63. The lowest BCUT2D eigenvalue weighted by atomic mass is 10.1. The first-order chi connectivity index (χ1) is 12.7. The second-order valence-corrected chi connectivity index (χ2v) is 6.15. The van der Waals surface area contributed by atoms with Crippen molar-refractivity contribution in [3.8, 4) is 11.5 Å². The SMILES string of the molecule is COc1cccc(C(=O)Nc2nnc(CSc3ccccc3)o2)c1OC. The number of thioether (sulfide) groups is 1. The number of nitrogens with one attached hydrogen (secondary N) is 1. The molecule has 8 heteroatoms. The summed E-state index contributed by atoms with van der Waals surface area (Å²) < 4.78 is 15.9. The molecule has 3 rings (SSSR count). The number of para-hydroxylation sites is 1. The summed E-state index contributed by atoms with van der Waals surface area (Å²) >= 11 is 1.57. The van der Waals surface area contributed by atoms with Crippen molar-refractivity contribution in [1.29, 1.82) is 0 Å². The molecule has 1 N–H and O–H groups in total. The van der Waals surface area contributed by atoms with Crippen LogP contribution in [0.2, 0.25) is 0 Å². The zero-order valence-corrected chi connectivity index (χ0v) is 15.1. The van der Waals surface area contributed by atoms with Crippen molar-refractivity contribution < 1.29 is 18.7 Å². The summed E-state index contributed by atoms with van der Waals surface area (Å²) in [4.78, 5) is 13.6. The highest BCUT2D eigenvalue weighted by molar-refractivity contribution is 7.98. The molecule has 0 aliphatic heterocycles. The Morgan fingerprint density at radius 3 is 2.62 bits per heavy atom. The third-order valence-electron chi connectivity index (χ3n) is 3.44. The Kier molecular flexibility index (Phi) is 5.75. The maximum atomic E-state index is 12.5. The van der Waals surface area contributed by atoms with Gasteiger partial charge in [0.05, 0.1) is 25.5 Å². The summed E-state index contributed by atoms with van der Waals surface area (Å²) in [5.41, 5.74) is 0.310. The molecule has 7 nitrogen and oxygen atoms in total. The zero-order chi connectivity index (χ0) is 18.4. The van der Waals surface area contributed by atoms with Crippen molar-refractivity contribution in [3.63, 3.8) is 0 Å². The lowest BCUT2D eigenvalue weighted by Gasteiger charge is -2.11. The number of carbonyl (C=O) groups is 1. The molecule has 2 aromatic carbocycles. The van der Waals surface area contributed by atoms with Crippen LogP contribution in [-0.2, 0) is 5.75 Å². The van der Waals surface area contributed by atoms with Gasteiger partial charge in [-0.1, -0.05) is 29.4 Å². The number of nitrogens with zero attached hydrogens (tertiary/aromatic N) is 2. The minimum absolute atomic E-state index is 0.0311.